The molecule has 178 valence electrons. The van der Waals surface area contributed by atoms with Gasteiger partial charge in [-0.15, -0.1) is 23.1 Å². The molecule has 6 rings (SSSR count). The lowest BCUT2D eigenvalue weighted by molar-refractivity contribution is -0.0402. The Kier molecular flexibility index (Phi) is 5.78. The summed E-state index contributed by atoms with van der Waals surface area (Å²) in [6.07, 6.45) is 3.56. The molecule has 35 heavy (non-hydrogen) atoms. The third-order valence-corrected chi connectivity index (χ3v) is 8.94. The van der Waals surface area contributed by atoms with Crippen molar-refractivity contribution < 1.29 is 4.74 Å². The molecule has 0 bridgehead atoms. The Bertz CT molecular complexity index is 1570. The fraction of sp³-hybridized carbons (Fsp3) is 0.345. The predicted octanol–water partition coefficient (Wildman–Crippen LogP) is 7.73. The summed E-state index contributed by atoms with van der Waals surface area (Å²) in [5.41, 5.74) is 5.98. The van der Waals surface area contributed by atoms with Gasteiger partial charge < -0.3 is 4.74 Å². The second-order valence-corrected chi connectivity index (χ2v) is 12.4. The van der Waals surface area contributed by atoms with Crippen molar-refractivity contribution in [1.82, 2.24) is 15.0 Å². The molecular weight excluding hydrogens is 470 g/mol. The van der Waals surface area contributed by atoms with Crippen LogP contribution < -0.4 is 0 Å². The van der Waals surface area contributed by atoms with Gasteiger partial charge in [-0.1, -0.05) is 56.3 Å². The van der Waals surface area contributed by atoms with Gasteiger partial charge in [-0.2, -0.15) is 0 Å². The first-order chi connectivity index (χ1) is 16.9. The van der Waals surface area contributed by atoms with Gasteiger partial charge in [0, 0.05) is 28.8 Å². The maximum atomic E-state index is 6.22. The van der Waals surface area contributed by atoms with Crippen LogP contribution in [0.2, 0.25) is 0 Å². The van der Waals surface area contributed by atoms with Crippen molar-refractivity contribution in [2.45, 2.75) is 63.5 Å². The van der Waals surface area contributed by atoms with Crippen molar-refractivity contribution in [1.29, 1.82) is 0 Å². The van der Waals surface area contributed by atoms with Crippen LogP contribution in [0.5, 0.6) is 0 Å². The van der Waals surface area contributed by atoms with Gasteiger partial charge in [0.25, 0.3) is 0 Å². The van der Waals surface area contributed by atoms with Gasteiger partial charge in [-0.05, 0) is 48.1 Å². The number of rotatable bonds is 5. The zero-order chi connectivity index (χ0) is 24.2. The topological polar surface area (TPSA) is 47.9 Å². The molecule has 5 aromatic rings. The van der Waals surface area contributed by atoms with Crippen LogP contribution in [0.15, 0.2) is 53.8 Å². The molecule has 0 spiro atoms. The summed E-state index contributed by atoms with van der Waals surface area (Å²) in [6.45, 7) is 9.49. The minimum absolute atomic E-state index is 0.189. The highest BCUT2D eigenvalue weighted by molar-refractivity contribution is 7.98. The number of fused-ring (bicyclic) bond motifs is 6. The van der Waals surface area contributed by atoms with Gasteiger partial charge in [-0.25, -0.2) is 15.0 Å². The normalized spacial score (nSPS) is 15.3. The third-order valence-electron chi connectivity index (χ3n) is 6.67. The Hall–Kier alpha value is -2.54. The number of pyridine rings is 1. The van der Waals surface area contributed by atoms with E-state index in [1.54, 1.807) is 29.4 Å². The molecule has 4 heterocycles. The molecule has 6 heteroatoms. The Labute approximate surface area is 214 Å². The monoisotopic (exact) mass is 499 g/mol. The highest BCUT2D eigenvalue weighted by Gasteiger charge is 2.31. The zero-order valence-corrected chi connectivity index (χ0v) is 22.2. The number of benzene rings is 2. The molecule has 0 saturated carbocycles. The largest absolute Gasteiger partial charge is 0.370 e. The van der Waals surface area contributed by atoms with E-state index >= 15 is 0 Å². The van der Waals surface area contributed by atoms with Crippen molar-refractivity contribution in [2.75, 3.05) is 0 Å². The maximum Gasteiger partial charge on any atom is 0.126 e. The van der Waals surface area contributed by atoms with Crippen molar-refractivity contribution in [3.63, 3.8) is 0 Å². The fourth-order valence-electron chi connectivity index (χ4n) is 4.99. The molecule has 0 aliphatic carbocycles. The van der Waals surface area contributed by atoms with E-state index in [1.807, 2.05) is 0 Å². The zero-order valence-electron chi connectivity index (χ0n) is 20.6. The first-order valence-corrected chi connectivity index (χ1v) is 14.0. The average Bonchev–Trinajstić information content (AvgIpc) is 3.20. The fourth-order valence-corrected chi connectivity index (χ4v) is 7.19. The van der Waals surface area contributed by atoms with Crippen LogP contribution in [0.4, 0.5) is 0 Å². The lowest BCUT2D eigenvalue weighted by Gasteiger charge is -2.33. The van der Waals surface area contributed by atoms with Crippen LogP contribution in [-0.4, -0.2) is 20.6 Å². The van der Waals surface area contributed by atoms with Crippen LogP contribution in [0.3, 0.4) is 0 Å². The molecule has 0 radical (unpaired) electrons. The van der Waals surface area contributed by atoms with E-state index in [1.165, 1.54) is 38.5 Å². The Morgan fingerprint density at radius 3 is 2.71 bits per heavy atom. The molecule has 0 N–H and O–H groups in total. The number of aromatic nitrogens is 3. The minimum atomic E-state index is -0.189. The van der Waals surface area contributed by atoms with E-state index in [-0.39, 0.29) is 5.60 Å². The van der Waals surface area contributed by atoms with Gasteiger partial charge in [0.15, 0.2) is 0 Å². The number of hydrogen-bond donors (Lipinski definition) is 0. The quantitative estimate of drug-likeness (QED) is 0.183. The van der Waals surface area contributed by atoms with Crippen LogP contribution >= 0.6 is 23.1 Å². The SMILES string of the molecule is CC(C)Cc1nc2sc3c(SCc4ccc5ccccc5c4)ncnc3c2c2c1COC(C)(C)C2. The van der Waals surface area contributed by atoms with E-state index in [0.29, 0.717) is 12.5 Å². The van der Waals surface area contributed by atoms with E-state index in [2.05, 4.69) is 70.2 Å². The number of thioether (sulfide) groups is 1. The van der Waals surface area contributed by atoms with E-state index < -0.39 is 0 Å². The van der Waals surface area contributed by atoms with Gasteiger partial charge in [0.05, 0.1) is 22.4 Å². The standard InChI is InChI=1S/C29H29N3OS2/c1-17(2)11-23-22-14-33-29(3,4)13-21(22)24-25-26(35-27(24)32-23)28(31-16-30-25)34-15-18-9-10-19-7-5-6-8-20(19)12-18/h5-10,12,16-17H,11,13-15H2,1-4H3. The summed E-state index contributed by atoms with van der Waals surface area (Å²) in [5.74, 6) is 1.41. The van der Waals surface area contributed by atoms with Crippen molar-refractivity contribution in [3.8, 4) is 0 Å². The van der Waals surface area contributed by atoms with Crippen molar-refractivity contribution in [3.05, 3.63) is 71.2 Å². The predicted molar refractivity (Wildman–Crippen MR) is 147 cm³/mol. The minimum Gasteiger partial charge on any atom is -0.370 e. The van der Waals surface area contributed by atoms with Gasteiger partial charge >= 0.3 is 0 Å². The van der Waals surface area contributed by atoms with Crippen molar-refractivity contribution >= 4 is 54.3 Å². The molecule has 1 aliphatic heterocycles. The number of hydrogen-bond acceptors (Lipinski definition) is 6. The second-order valence-electron chi connectivity index (χ2n) is 10.4. The van der Waals surface area contributed by atoms with Crippen LogP contribution in [0.1, 0.15) is 50.1 Å². The lowest BCUT2D eigenvalue weighted by Crippen LogP contribution is -2.33. The molecular formula is C29H29N3OS2. The summed E-state index contributed by atoms with van der Waals surface area (Å²) in [6, 6.07) is 15.2. The Morgan fingerprint density at radius 2 is 1.89 bits per heavy atom. The Balaban J connectivity index is 1.43. The van der Waals surface area contributed by atoms with Gasteiger partial charge in [-0.3, -0.25) is 0 Å². The molecule has 4 nitrogen and oxygen atoms in total. The van der Waals surface area contributed by atoms with E-state index in [4.69, 9.17) is 19.7 Å². The molecule has 0 atom stereocenters. The van der Waals surface area contributed by atoms with Gasteiger partial charge in [0.1, 0.15) is 16.2 Å². The summed E-state index contributed by atoms with van der Waals surface area (Å²) in [4.78, 5) is 15.7. The molecule has 0 unspecified atom stereocenters. The van der Waals surface area contributed by atoms with Crippen LogP contribution in [-0.2, 0) is 29.9 Å². The first kappa shape index (κ1) is 22.9. The number of nitrogens with zero attached hydrogens (tertiary/aromatic N) is 3. The number of thiophene rings is 1. The molecule has 2 aromatic carbocycles. The summed E-state index contributed by atoms with van der Waals surface area (Å²) >= 11 is 3.53. The maximum absolute atomic E-state index is 6.22. The summed E-state index contributed by atoms with van der Waals surface area (Å²) < 4.78 is 7.37. The molecule has 1 aliphatic rings. The lowest BCUT2D eigenvalue weighted by atomic mass is 9.88. The average molecular weight is 500 g/mol. The van der Waals surface area contributed by atoms with E-state index in [9.17, 15) is 0 Å². The Morgan fingerprint density at radius 1 is 1.06 bits per heavy atom. The summed E-state index contributed by atoms with van der Waals surface area (Å²) in [5, 5.41) is 4.80. The molecule has 0 amide bonds. The highest BCUT2D eigenvalue weighted by atomic mass is 32.2. The summed E-state index contributed by atoms with van der Waals surface area (Å²) in [7, 11) is 0. The third kappa shape index (κ3) is 4.32. The van der Waals surface area contributed by atoms with Crippen LogP contribution in [0.25, 0.3) is 31.2 Å². The first-order valence-electron chi connectivity index (χ1n) is 12.2. The van der Waals surface area contributed by atoms with E-state index in [0.717, 1.165) is 38.7 Å². The molecule has 0 saturated heterocycles. The molecule has 0 fully saturated rings. The molecule has 3 aromatic heterocycles. The smallest absolute Gasteiger partial charge is 0.126 e. The number of ether oxygens (including phenoxy) is 1. The second kappa shape index (κ2) is 8.84. The van der Waals surface area contributed by atoms with Crippen LogP contribution in [0, 0.1) is 5.92 Å². The van der Waals surface area contributed by atoms with Crippen molar-refractivity contribution in [2.24, 2.45) is 5.92 Å². The van der Waals surface area contributed by atoms with Gasteiger partial charge in [0.2, 0.25) is 0 Å². The highest BCUT2D eigenvalue weighted by Crippen LogP contribution is 2.43.